The van der Waals surface area contributed by atoms with E-state index in [1.807, 2.05) is 24.3 Å². The Hall–Kier alpha value is -1.33. The van der Waals surface area contributed by atoms with Crippen molar-refractivity contribution in [3.05, 3.63) is 44.6 Å². The van der Waals surface area contributed by atoms with E-state index >= 15 is 0 Å². The maximum atomic E-state index is 12.1. The number of rotatable bonds is 6. The van der Waals surface area contributed by atoms with E-state index in [2.05, 4.69) is 22.9 Å². The first-order valence-corrected chi connectivity index (χ1v) is 7.83. The molecule has 2 rings (SSSR count). The van der Waals surface area contributed by atoms with E-state index in [-0.39, 0.29) is 12.4 Å². The zero-order chi connectivity index (χ0) is 14.5. The van der Waals surface area contributed by atoms with Crippen LogP contribution in [0.3, 0.4) is 0 Å². The Balaban J connectivity index is 2.07. The maximum absolute atomic E-state index is 12.1. The Morgan fingerprint density at radius 2 is 2.10 bits per heavy atom. The summed E-state index contributed by atoms with van der Waals surface area (Å²) in [5.74, 6) is 1.13. The molecular weight excluding hydrogens is 340 g/mol. The van der Waals surface area contributed by atoms with Gasteiger partial charge in [0.1, 0.15) is 0 Å². The van der Waals surface area contributed by atoms with Crippen LogP contribution in [0.5, 0.6) is 11.5 Å². The Morgan fingerprint density at radius 1 is 1.30 bits per heavy atom. The average molecular weight is 355 g/mol. The van der Waals surface area contributed by atoms with Gasteiger partial charge in [-0.3, -0.25) is 4.79 Å². The first-order valence-electron chi connectivity index (χ1n) is 6.23. The Kier molecular flexibility index (Phi) is 5.20. The van der Waals surface area contributed by atoms with Gasteiger partial charge in [-0.05, 0) is 46.6 Å². The van der Waals surface area contributed by atoms with E-state index in [1.54, 1.807) is 13.2 Å². The molecule has 1 aromatic carbocycles. The van der Waals surface area contributed by atoms with Crippen LogP contribution in [0.15, 0.2) is 34.8 Å². The van der Waals surface area contributed by atoms with Crippen molar-refractivity contribution in [2.75, 3.05) is 13.7 Å². The van der Waals surface area contributed by atoms with E-state index in [0.717, 1.165) is 15.8 Å². The molecule has 1 aromatic heterocycles. The molecule has 0 aliphatic heterocycles. The van der Waals surface area contributed by atoms with E-state index in [9.17, 15) is 4.79 Å². The van der Waals surface area contributed by atoms with E-state index in [0.29, 0.717) is 11.5 Å². The number of thiophene rings is 1. The van der Waals surface area contributed by atoms with Crippen LogP contribution in [-0.4, -0.2) is 19.5 Å². The minimum atomic E-state index is -0.0208. The summed E-state index contributed by atoms with van der Waals surface area (Å²) < 4.78 is 11.6. The fourth-order valence-electron chi connectivity index (χ4n) is 1.72. The number of hydrogen-bond acceptors (Lipinski definition) is 4. The van der Waals surface area contributed by atoms with Gasteiger partial charge in [-0.2, -0.15) is 0 Å². The molecule has 0 atom stereocenters. The van der Waals surface area contributed by atoms with Gasteiger partial charge < -0.3 is 9.47 Å². The average Bonchev–Trinajstić information content (AvgIpc) is 2.94. The highest BCUT2D eigenvalue weighted by Gasteiger charge is 2.13. The maximum Gasteiger partial charge on any atom is 0.210 e. The number of hydrogen-bond donors (Lipinski definition) is 0. The smallest absolute Gasteiger partial charge is 0.210 e. The molecule has 106 valence electrons. The summed E-state index contributed by atoms with van der Waals surface area (Å²) in [4.78, 5) is 14.0. The molecule has 0 aliphatic carbocycles. The Morgan fingerprint density at radius 3 is 2.75 bits per heavy atom. The Bertz CT molecular complexity index is 607. The first-order chi connectivity index (χ1) is 9.65. The summed E-state index contributed by atoms with van der Waals surface area (Å²) in [7, 11) is 1.57. The monoisotopic (exact) mass is 354 g/mol. The molecule has 0 spiro atoms. The number of carbonyl (C=O) groups excluding carboxylic acids is 1. The van der Waals surface area contributed by atoms with Gasteiger partial charge in [0.25, 0.3) is 0 Å². The molecule has 0 amide bonds. The van der Waals surface area contributed by atoms with Gasteiger partial charge >= 0.3 is 0 Å². The van der Waals surface area contributed by atoms with Gasteiger partial charge in [0.15, 0.2) is 18.1 Å². The van der Waals surface area contributed by atoms with Crippen LogP contribution in [0.2, 0.25) is 0 Å². The second-order valence-corrected chi connectivity index (χ2v) is 6.13. The van der Waals surface area contributed by atoms with Crippen molar-refractivity contribution in [2.45, 2.75) is 13.3 Å². The van der Waals surface area contributed by atoms with Crippen LogP contribution in [0.4, 0.5) is 0 Å². The van der Waals surface area contributed by atoms with Gasteiger partial charge in [0, 0.05) is 4.88 Å². The third-order valence-electron chi connectivity index (χ3n) is 2.78. The van der Waals surface area contributed by atoms with E-state index < -0.39 is 0 Å². The molecule has 0 radical (unpaired) electrons. The number of carbonyl (C=O) groups is 1. The molecule has 0 fully saturated rings. The largest absolute Gasteiger partial charge is 0.493 e. The SMILES string of the molecule is CCc1ccc(C(=O)COc2c(Br)cccc2OC)s1. The Labute approximate surface area is 130 Å². The number of aryl methyl sites for hydroxylation is 1. The number of ketones is 1. The van der Waals surface area contributed by atoms with Crippen LogP contribution in [-0.2, 0) is 6.42 Å². The minimum Gasteiger partial charge on any atom is -0.493 e. The third-order valence-corrected chi connectivity index (χ3v) is 4.68. The first kappa shape index (κ1) is 15.1. The third kappa shape index (κ3) is 3.41. The molecule has 0 unspecified atom stereocenters. The van der Waals surface area contributed by atoms with Crippen molar-refractivity contribution in [3.63, 3.8) is 0 Å². The lowest BCUT2D eigenvalue weighted by molar-refractivity contribution is 0.0923. The number of ether oxygens (including phenoxy) is 2. The lowest BCUT2D eigenvalue weighted by Crippen LogP contribution is -2.11. The molecule has 5 heteroatoms. The van der Waals surface area contributed by atoms with Gasteiger partial charge in [-0.15, -0.1) is 11.3 Å². The van der Waals surface area contributed by atoms with Crippen LogP contribution in [0.1, 0.15) is 21.5 Å². The van der Waals surface area contributed by atoms with Gasteiger partial charge in [0.2, 0.25) is 5.78 Å². The number of Topliss-reactive ketones (excluding diaryl/α,β-unsaturated/α-hetero) is 1. The predicted octanol–water partition coefficient (Wildman–Crippen LogP) is 4.34. The predicted molar refractivity (Wildman–Crippen MR) is 84.2 cm³/mol. The van der Waals surface area contributed by atoms with E-state index in [4.69, 9.17) is 9.47 Å². The molecule has 0 aliphatic rings. The molecule has 0 saturated heterocycles. The molecule has 0 N–H and O–H groups in total. The van der Waals surface area contributed by atoms with Crippen molar-refractivity contribution >= 4 is 33.0 Å². The van der Waals surface area contributed by atoms with Crippen molar-refractivity contribution in [1.82, 2.24) is 0 Å². The lowest BCUT2D eigenvalue weighted by Gasteiger charge is -2.11. The molecular formula is C15H15BrO3S. The van der Waals surface area contributed by atoms with Crippen molar-refractivity contribution in [2.24, 2.45) is 0 Å². The summed E-state index contributed by atoms with van der Waals surface area (Å²) in [5.41, 5.74) is 0. The fraction of sp³-hybridized carbons (Fsp3) is 0.267. The van der Waals surface area contributed by atoms with Crippen molar-refractivity contribution in [3.8, 4) is 11.5 Å². The molecule has 0 saturated carbocycles. The fourth-order valence-corrected chi connectivity index (χ4v) is 3.05. The molecule has 0 bridgehead atoms. The van der Waals surface area contributed by atoms with Crippen molar-refractivity contribution in [1.29, 1.82) is 0 Å². The summed E-state index contributed by atoms with van der Waals surface area (Å²) in [6, 6.07) is 9.33. The molecule has 20 heavy (non-hydrogen) atoms. The highest BCUT2D eigenvalue weighted by atomic mass is 79.9. The highest BCUT2D eigenvalue weighted by molar-refractivity contribution is 9.10. The second-order valence-electron chi connectivity index (χ2n) is 4.10. The normalized spacial score (nSPS) is 10.3. The zero-order valence-corrected chi connectivity index (χ0v) is 13.7. The molecule has 3 nitrogen and oxygen atoms in total. The van der Waals surface area contributed by atoms with Crippen LogP contribution >= 0.6 is 27.3 Å². The van der Waals surface area contributed by atoms with Gasteiger partial charge in [-0.1, -0.05) is 13.0 Å². The number of methoxy groups -OCH3 is 1. The second kappa shape index (κ2) is 6.90. The number of benzene rings is 1. The van der Waals surface area contributed by atoms with Crippen LogP contribution in [0.25, 0.3) is 0 Å². The number of halogens is 1. The highest BCUT2D eigenvalue weighted by Crippen LogP contribution is 2.35. The zero-order valence-electron chi connectivity index (χ0n) is 11.3. The van der Waals surface area contributed by atoms with E-state index in [1.165, 1.54) is 16.2 Å². The molecule has 2 aromatic rings. The summed E-state index contributed by atoms with van der Waals surface area (Å²) in [5, 5.41) is 0. The summed E-state index contributed by atoms with van der Waals surface area (Å²) in [6.45, 7) is 2.07. The van der Waals surface area contributed by atoms with Crippen LogP contribution in [0, 0.1) is 0 Å². The van der Waals surface area contributed by atoms with Gasteiger partial charge in [-0.25, -0.2) is 0 Å². The standard InChI is InChI=1S/C15H15BrO3S/c1-3-10-7-8-14(20-10)12(17)9-19-15-11(16)5-4-6-13(15)18-2/h4-8H,3,9H2,1-2H3. The van der Waals surface area contributed by atoms with Crippen molar-refractivity contribution < 1.29 is 14.3 Å². The number of para-hydroxylation sites is 1. The quantitative estimate of drug-likeness (QED) is 0.723. The summed E-state index contributed by atoms with van der Waals surface area (Å²) >= 11 is 4.91. The molecule has 1 heterocycles. The van der Waals surface area contributed by atoms with Gasteiger partial charge in [0.05, 0.1) is 16.5 Å². The minimum absolute atomic E-state index is 0.00262. The summed E-state index contributed by atoms with van der Waals surface area (Å²) in [6.07, 6.45) is 0.941. The topological polar surface area (TPSA) is 35.5 Å². The lowest BCUT2D eigenvalue weighted by atomic mass is 10.3. The van der Waals surface area contributed by atoms with Crippen LogP contribution < -0.4 is 9.47 Å².